The number of amides is 1. The van der Waals surface area contributed by atoms with Gasteiger partial charge in [-0.15, -0.1) is 10.2 Å². The van der Waals surface area contributed by atoms with E-state index in [1.54, 1.807) is 32.4 Å². The molecule has 0 fully saturated rings. The van der Waals surface area contributed by atoms with E-state index in [9.17, 15) is 4.79 Å². The average molecular weight is 371 g/mol. The Morgan fingerprint density at radius 3 is 2.42 bits per heavy atom. The lowest BCUT2D eigenvalue weighted by molar-refractivity contribution is -0.113. The number of nitrogens with zero attached hydrogens (tertiary/aromatic N) is 2. The number of methoxy groups -OCH3 is 2. The minimum Gasteiger partial charge on any atom is -0.497 e. The molecule has 26 heavy (non-hydrogen) atoms. The van der Waals surface area contributed by atoms with Crippen molar-refractivity contribution < 1.29 is 18.7 Å². The normalized spacial score (nSPS) is 10.4. The second kappa shape index (κ2) is 8.39. The van der Waals surface area contributed by atoms with E-state index in [4.69, 9.17) is 13.9 Å². The zero-order chi connectivity index (χ0) is 18.4. The first-order valence-corrected chi connectivity index (χ1v) is 8.71. The number of aromatic nitrogens is 2. The number of rotatable bonds is 7. The fourth-order valence-corrected chi connectivity index (χ4v) is 2.73. The molecule has 1 N–H and O–H groups in total. The molecule has 1 amide bonds. The minimum absolute atomic E-state index is 0.135. The highest BCUT2D eigenvalue weighted by molar-refractivity contribution is 7.99. The number of ether oxygens (including phenoxy) is 2. The Morgan fingerprint density at radius 1 is 1.08 bits per heavy atom. The van der Waals surface area contributed by atoms with Crippen molar-refractivity contribution in [1.82, 2.24) is 10.2 Å². The van der Waals surface area contributed by atoms with Gasteiger partial charge in [-0.25, -0.2) is 0 Å². The average Bonchev–Trinajstić information content (AvgIpc) is 3.16. The standard InChI is InChI=1S/C18H17N3O4S/c1-23-14-8-13(9-15(10-14)24-2)19-16(22)11-26-18-21-20-17(25-18)12-6-4-3-5-7-12/h3-10H,11H2,1-2H3,(H,19,22). The van der Waals surface area contributed by atoms with Crippen molar-refractivity contribution in [3.63, 3.8) is 0 Å². The summed E-state index contributed by atoms with van der Waals surface area (Å²) in [6.07, 6.45) is 0. The van der Waals surface area contributed by atoms with Crippen LogP contribution in [-0.2, 0) is 4.79 Å². The summed E-state index contributed by atoms with van der Waals surface area (Å²) < 4.78 is 15.9. The highest BCUT2D eigenvalue weighted by Crippen LogP contribution is 2.26. The minimum atomic E-state index is -0.204. The molecule has 0 radical (unpaired) electrons. The van der Waals surface area contributed by atoms with E-state index in [0.717, 1.165) is 5.56 Å². The molecule has 0 aliphatic rings. The fraction of sp³-hybridized carbons (Fsp3) is 0.167. The quantitative estimate of drug-likeness (QED) is 0.636. The van der Waals surface area contributed by atoms with Crippen LogP contribution in [0.25, 0.3) is 11.5 Å². The van der Waals surface area contributed by atoms with Crippen LogP contribution in [0, 0.1) is 0 Å². The third kappa shape index (κ3) is 4.54. The lowest BCUT2D eigenvalue weighted by Gasteiger charge is -2.09. The van der Waals surface area contributed by atoms with Crippen LogP contribution in [0.4, 0.5) is 5.69 Å². The maximum absolute atomic E-state index is 12.2. The summed E-state index contributed by atoms with van der Waals surface area (Å²) >= 11 is 1.17. The summed E-state index contributed by atoms with van der Waals surface area (Å²) in [5.74, 6) is 1.54. The van der Waals surface area contributed by atoms with Crippen molar-refractivity contribution in [2.45, 2.75) is 5.22 Å². The van der Waals surface area contributed by atoms with Crippen molar-refractivity contribution in [3.8, 4) is 23.0 Å². The molecule has 3 aromatic rings. The van der Waals surface area contributed by atoms with Crippen LogP contribution in [0.3, 0.4) is 0 Å². The molecule has 0 atom stereocenters. The van der Waals surface area contributed by atoms with Gasteiger partial charge in [-0.1, -0.05) is 30.0 Å². The Morgan fingerprint density at radius 2 is 1.77 bits per heavy atom. The maximum Gasteiger partial charge on any atom is 0.277 e. The van der Waals surface area contributed by atoms with Crippen molar-refractivity contribution >= 4 is 23.4 Å². The van der Waals surface area contributed by atoms with E-state index in [1.807, 2.05) is 30.3 Å². The fourth-order valence-electron chi connectivity index (χ4n) is 2.17. The van der Waals surface area contributed by atoms with E-state index in [2.05, 4.69) is 15.5 Å². The molecule has 8 heteroatoms. The Balaban J connectivity index is 1.59. The molecule has 0 saturated carbocycles. The number of hydrogen-bond acceptors (Lipinski definition) is 7. The molecule has 2 aromatic carbocycles. The van der Waals surface area contributed by atoms with Gasteiger partial charge in [0.1, 0.15) is 11.5 Å². The van der Waals surface area contributed by atoms with E-state index >= 15 is 0 Å². The Labute approximate surface area is 154 Å². The number of benzene rings is 2. The van der Waals surface area contributed by atoms with Gasteiger partial charge < -0.3 is 19.2 Å². The Hall–Kier alpha value is -3.00. The van der Waals surface area contributed by atoms with Gasteiger partial charge in [-0.2, -0.15) is 0 Å². The van der Waals surface area contributed by atoms with Crippen LogP contribution in [0.2, 0.25) is 0 Å². The molecule has 0 spiro atoms. The third-order valence-electron chi connectivity index (χ3n) is 3.39. The van der Waals surface area contributed by atoms with Crippen LogP contribution in [0.5, 0.6) is 11.5 Å². The second-order valence-corrected chi connectivity index (χ2v) is 6.10. The lowest BCUT2D eigenvalue weighted by Crippen LogP contribution is -2.14. The van der Waals surface area contributed by atoms with E-state index in [1.165, 1.54) is 11.8 Å². The third-order valence-corrected chi connectivity index (χ3v) is 4.21. The molecule has 0 aliphatic heterocycles. The lowest BCUT2D eigenvalue weighted by atomic mass is 10.2. The van der Waals surface area contributed by atoms with Crippen molar-refractivity contribution in [1.29, 1.82) is 0 Å². The highest BCUT2D eigenvalue weighted by Gasteiger charge is 2.12. The summed E-state index contributed by atoms with van der Waals surface area (Å²) in [6, 6.07) is 14.6. The van der Waals surface area contributed by atoms with Crippen LogP contribution in [0.1, 0.15) is 0 Å². The summed E-state index contributed by atoms with van der Waals surface area (Å²) in [6.45, 7) is 0. The molecule has 0 saturated heterocycles. The first-order valence-electron chi connectivity index (χ1n) is 7.72. The molecule has 0 unspecified atom stereocenters. The van der Waals surface area contributed by atoms with E-state index < -0.39 is 0 Å². The first-order chi connectivity index (χ1) is 12.7. The Kier molecular flexibility index (Phi) is 5.75. The van der Waals surface area contributed by atoms with Crippen LogP contribution >= 0.6 is 11.8 Å². The summed E-state index contributed by atoms with van der Waals surface area (Å²) in [5, 5.41) is 11.1. The largest absolute Gasteiger partial charge is 0.497 e. The second-order valence-electron chi connectivity index (χ2n) is 5.18. The van der Waals surface area contributed by atoms with Gasteiger partial charge in [0.25, 0.3) is 5.22 Å². The van der Waals surface area contributed by atoms with Gasteiger partial charge in [0, 0.05) is 29.4 Å². The van der Waals surface area contributed by atoms with Crippen molar-refractivity contribution in [3.05, 3.63) is 48.5 Å². The van der Waals surface area contributed by atoms with Gasteiger partial charge in [-0.3, -0.25) is 4.79 Å². The summed E-state index contributed by atoms with van der Waals surface area (Å²) in [7, 11) is 3.10. The predicted molar refractivity (Wildman–Crippen MR) is 98.6 cm³/mol. The van der Waals surface area contributed by atoms with Gasteiger partial charge in [0.2, 0.25) is 11.8 Å². The number of hydrogen-bond donors (Lipinski definition) is 1. The number of carbonyl (C=O) groups excluding carboxylic acids is 1. The summed E-state index contributed by atoms with van der Waals surface area (Å²) in [4.78, 5) is 12.2. The zero-order valence-electron chi connectivity index (χ0n) is 14.3. The summed E-state index contributed by atoms with van der Waals surface area (Å²) in [5.41, 5.74) is 1.42. The zero-order valence-corrected chi connectivity index (χ0v) is 15.1. The smallest absolute Gasteiger partial charge is 0.277 e. The van der Waals surface area contributed by atoms with Gasteiger partial charge in [0.05, 0.1) is 20.0 Å². The van der Waals surface area contributed by atoms with Gasteiger partial charge in [0.15, 0.2) is 0 Å². The topological polar surface area (TPSA) is 86.5 Å². The number of thioether (sulfide) groups is 1. The van der Waals surface area contributed by atoms with E-state index in [-0.39, 0.29) is 11.7 Å². The number of nitrogens with one attached hydrogen (secondary N) is 1. The van der Waals surface area contributed by atoms with Crippen molar-refractivity contribution in [2.75, 3.05) is 25.3 Å². The molecular formula is C18H17N3O4S. The molecule has 3 rings (SSSR count). The molecular weight excluding hydrogens is 354 g/mol. The van der Waals surface area contributed by atoms with Crippen molar-refractivity contribution in [2.24, 2.45) is 0 Å². The maximum atomic E-state index is 12.2. The molecule has 0 aliphatic carbocycles. The van der Waals surface area contributed by atoms with Crippen LogP contribution < -0.4 is 14.8 Å². The van der Waals surface area contributed by atoms with Gasteiger partial charge >= 0.3 is 0 Å². The molecule has 0 bridgehead atoms. The Bertz CT molecular complexity index is 861. The molecule has 1 heterocycles. The first kappa shape index (κ1) is 17.8. The van der Waals surface area contributed by atoms with E-state index in [0.29, 0.717) is 28.3 Å². The van der Waals surface area contributed by atoms with Gasteiger partial charge in [-0.05, 0) is 12.1 Å². The monoisotopic (exact) mass is 371 g/mol. The van der Waals surface area contributed by atoms with Crippen LogP contribution in [-0.4, -0.2) is 36.1 Å². The molecule has 1 aromatic heterocycles. The molecule has 134 valence electrons. The predicted octanol–water partition coefficient (Wildman–Crippen LogP) is 3.48. The highest BCUT2D eigenvalue weighted by atomic mass is 32.2. The number of anilines is 1. The van der Waals surface area contributed by atoms with Crippen LogP contribution in [0.15, 0.2) is 58.2 Å². The SMILES string of the molecule is COc1cc(NC(=O)CSc2nnc(-c3ccccc3)o2)cc(OC)c1. The number of carbonyl (C=O) groups is 1. The molecule has 7 nitrogen and oxygen atoms in total.